The number of amides is 1. The van der Waals surface area contributed by atoms with Crippen LogP contribution in [0.2, 0.25) is 0 Å². The van der Waals surface area contributed by atoms with Gasteiger partial charge in [0.15, 0.2) is 0 Å². The molecule has 0 radical (unpaired) electrons. The van der Waals surface area contributed by atoms with Gasteiger partial charge in [0.2, 0.25) is 5.91 Å². The van der Waals surface area contributed by atoms with Crippen LogP contribution >= 0.6 is 0 Å². The number of nitrogens with one attached hydrogen (secondary N) is 1. The molecule has 2 rings (SSSR count). The highest BCUT2D eigenvalue weighted by Crippen LogP contribution is 2.10. The fraction of sp³-hybridized carbons (Fsp3) is 0.143. The molecule has 0 unspecified atom stereocenters. The Morgan fingerprint density at radius 1 is 1.21 bits per heavy atom. The van der Waals surface area contributed by atoms with Crippen LogP contribution < -0.4 is 5.32 Å². The van der Waals surface area contributed by atoms with E-state index in [1.54, 1.807) is 30.6 Å². The number of hydrogen-bond donors (Lipinski definition) is 1. The molecule has 1 heterocycles. The number of carbonyl (C=O) groups excluding carboxylic acids is 1. The monoisotopic (exact) mass is 252 g/mol. The van der Waals surface area contributed by atoms with Crippen LogP contribution in [0.1, 0.15) is 11.4 Å². The van der Waals surface area contributed by atoms with Crippen molar-refractivity contribution in [1.29, 1.82) is 5.26 Å². The van der Waals surface area contributed by atoms with Crippen molar-refractivity contribution in [2.24, 2.45) is 0 Å². The second-order valence-corrected chi connectivity index (χ2v) is 3.92. The van der Waals surface area contributed by atoms with E-state index in [-0.39, 0.29) is 12.3 Å². The highest BCUT2D eigenvalue weighted by Gasteiger charge is 2.05. The third kappa shape index (κ3) is 3.89. The third-order valence-corrected chi connectivity index (χ3v) is 2.46. The molecule has 0 spiro atoms. The summed E-state index contributed by atoms with van der Waals surface area (Å²) in [5.41, 5.74) is 1.62. The molecule has 19 heavy (non-hydrogen) atoms. The topological polar surface area (TPSA) is 78.7 Å². The molecule has 0 aliphatic heterocycles. The van der Waals surface area contributed by atoms with Crippen molar-refractivity contribution in [1.82, 2.24) is 9.97 Å². The number of anilines is 1. The predicted molar refractivity (Wildman–Crippen MR) is 70.1 cm³/mol. The summed E-state index contributed by atoms with van der Waals surface area (Å²) >= 11 is 0. The summed E-state index contributed by atoms with van der Waals surface area (Å²) in [6.07, 6.45) is 3.71. The molecule has 0 saturated carbocycles. The summed E-state index contributed by atoms with van der Waals surface area (Å²) in [5.74, 6) is 0.320. The van der Waals surface area contributed by atoms with Crippen LogP contribution in [-0.2, 0) is 17.6 Å². The second-order valence-electron chi connectivity index (χ2n) is 3.92. The van der Waals surface area contributed by atoms with Gasteiger partial charge in [-0.05, 0) is 23.8 Å². The molecule has 0 bridgehead atoms. The molecule has 1 aromatic carbocycles. The van der Waals surface area contributed by atoms with E-state index in [0.717, 1.165) is 5.56 Å². The normalized spacial score (nSPS) is 9.63. The number of nitrogens with zero attached hydrogens (tertiary/aromatic N) is 3. The van der Waals surface area contributed by atoms with Gasteiger partial charge in [-0.15, -0.1) is 0 Å². The Labute approximate surface area is 110 Å². The summed E-state index contributed by atoms with van der Waals surface area (Å²) in [5, 5.41) is 11.3. The first kappa shape index (κ1) is 12.7. The van der Waals surface area contributed by atoms with E-state index in [1.165, 1.54) is 0 Å². The lowest BCUT2D eigenvalue weighted by molar-refractivity contribution is -0.115. The van der Waals surface area contributed by atoms with Gasteiger partial charge in [0.1, 0.15) is 5.82 Å². The first-order chi connectivity index (χ1) is 9.28. The largest absolute Gasteiger partial charge is 0.326 e. The summed E-state index contributed by atoms with van der Waals surface area (Å²) in [7, 11) is 0. The number of aromatic nitrogens is 2. The van der Waals surface area contributed by atoms with Gasteiger partial charge in [0.25, 0.3) is 0 Å². The molecule has 1 aromatic heterocycles. The Bertz CT molecular complexity index is 587. The molecular weight excluding hydrogens is 240 g/mol. The van der Waals surface area contributed by atoms with E-state index in [0.29, 0.717) is 17.9 Å². The first-order valence-corrected chi connectivity index (χ1v) is 5.79. The van der Waals surface area contributed by atoms with Crippen molar-refractivity contribution >= 4 is 11.6 Å². The maximum absolute atomic E-state index is 11.7. The van der Waals surface area contributed by atoms with Gasteiger partial charge in [0, 0.05) is 18.1 Å². The van der Waals surface area contributed by atoms with Crippen LogP contribution in [0.3, 0.4) is 0 Å². The SMILES string of the molecule is N#CCc1ccc(NC(=O)Cc2ncccn2)cc1. The average Bonchev–Trinajstić information content (AvgIpc) is 2.42. The van der Waals surface area contributed by atoms with Gasteiger partial charge in [-0.25, -0.2) is 9.97 Å². The first-order valence-electron chi connectivity index (χ1n) is 5.79. The molecule has 0 atom stereocenters. The summed E-state index contributed by atoms with van der Waals surface area (Å²) < 4.78 is 0. The Hall–Kier alpha value is -2.74. The Kier molecular flexibility index (Phi) is 4.19. The molecule has 0 aliphatic rings. The molecular formula is C14H12N4O. The van der Waals surface area contributed by atoms with Gasteiger partial charge in [-0.1, -0.05) is 12.1 Å². The Morgan fingerprint density at radius 3 is 2.53 bits per heavy atom. The lowest BCUT2D eigenvalue weighted by atomic mass is 10.1. The Morgan fingerprint density at radius 2 is 1.89 bits per heavy atom. The van der Waals surface area contributed by atoms with Crippen molar-refractivity contribution < 1.29 is 4.79 Å². The maximum Gasteiger partial charge on any atom is 0.232 e. The van der Waals surface area contributed by atoms with Crippen molar-refractivity contribution in [3.05, 3.63) is 54.1 Å². The van der Waals surface area contributed by atoms with E-state index in [4.69, 9.17) is 5.26 Å². The minimum atomic E-state index is -0.167. The van der Waals surface area contributed by atoms with Gasteiger partial charge < -0.3 is 5.32 Å². The Balaban J connectivity index is 1.94. The third-order valence-electron chi connectivity index (χ3n) is 2.46. The molecule has 5 nitrogen and oxygen atoms in total. The van der Waals surface area contributed by atoms with E-state index in [2.05, 4.69) is 21.4 Å². The van der Waals surface area contributed by atoms with Gasteiger partial charge in [-0.3, -0.25) is 4.79 Å². The standard InChI is InChI=1S/C14H12N4O/c15-7-6-11-2-4-12(5-3-11)18-14(19)10-13-16-8-1-9-17-13/h1-5,8-9H,6,10H2,(H,18,19). The smallest absolute Gasteiger partial charge is 0.232 e. The maximum atomic E-state index is 11.7. The van der Waals surface area contributed by atoms with E-state index in [1.807, 2.05) is 12.1 Å². The zero-order chi connectivity index (χ0) is 13.5. The van der Waals surface area contributed by atoms with Crippen LogP contribution in [0.4, 0.5) is 5.69 Å². The molecule has 94 valence electrons. The van der Waals surface area contributed by atoms with E-state index < -0.39 is 0 Å². The van der Waals surface area contributed by atoms with E-state index in [9.17, 15) is 4.79 Å². The summed E-state index contributed by atoms with van der Waals surface area (Å²) in [6, 6.07) is 11.0. The number of carbonyl (C=O) groups is 1. The minimum Gasteiger partial charge on any atom is -0.326 e. The number of hydrogen-bond acceptors (Lipinski definition) is 4. The lowest BCUT2D eigenvalue weighted by Gasteiger charge is -2.05. The molecule has 1 amide bonds. The second kappa shape index (κ2) is 6.26. The quantitative estimate of drug-likeness (QED) is 0.898. The molecule has 2 aromatic rings. The minimum absolute atomic E-state index is 0.140. The van der Waals surface area contributed by atoms with Crippen LogP contribution in [0.15, 0.2) is 42.7 Å². The molecule has 0 aliphatic carbocycles. The molecule has 0 fully saturated rings. The van der Waals surface area contributed by atoms with Crippen LogP contribution in [0.25, 0.3) is 0 Å². The fourth-order valence-electron chi connectivity index (χ4n) is 1.57. The van der Waals surface area contributed by atoms with Crippen molar-refractivity contribution in [2.45, 2.75) is 12.8 Å². The number of rotatable bonds is 4. The van der Waals surface area contributed by atoms with Crippen molar-refractivity contribution in [3.8, 4) is 6.07 Å². The predicted octanol–water partition coefficient (Wildman–Crippen LogP) is 1.72. The highest BCUT2D eigenvalue weighted by molar-refractivity contribution is 5.91. The lowest BCUT2D eigenvalue weighted by Crippen LogP contribution is -2.15. The van der Waals surface area contributed by atoms with Crippen LogP contribution in [0.5, 0.6) is 0 Å². The summed E-state index contributed by atoms with van der Waals surface area (Å²) in [4.78, 5) is 19.7. The zero-order valence-electron chi connectivity index (χ0n) is 10.2. The average molecular weight is 252 g/mol. The van der Waals surface area contributed by atoms with Crippen molar-refractivity contribution in [3.63, 3.8) is 0 Å². The zero-order valence-corrected chi connectivity index (χ0v) is 10.2. The van der Waals surface area contributed by atoms with Gasteiger partial charge in [-0.2, -0.15) is 5.26 Å². The van der Waals surface area contributed by atoms with Crippen LogP contribution in [-0.4, -0.2) is 15.9 Å². The van der Waals surface area contributed by atoms with Crippen LogP contribution in [0, 0.1) is 11.3 Å². The van der Waals surface area contributed by atoms with Gasteiger partial charge >= 0.3 is 0 Å². The fourth-order valence-corrected chi connectivity index (χ4v) is 1.57. The van der Waals surface area contributed by atoms with Gasteiger partial charge in [0.05, 0.1) is 18.9 Å². The highest BCUT2D eigenvalue weighted by atomic mass is 16.1. The molecule has 1 N–H and O–H groups in total. The summed E-state index contributed by atoms with van der Waals surface area (Å²) in [6.45, 7) is 0. The number of benzene rings is 1. The van der Waals surface area contributed by atoms with E-state index >= 15 is 0 Å². The molecule has 0 saturated heterocycles. The molecule has 5 heteroatoms. The number of nitriles is 1. The van der Waals surface area contributed by atoms with Crippen molar-refractivity contribution in [2.75, 3.05) is 5.32 Å².